The van der Waals surface area contributed by atoms with Crippen LogP contribution in [-0.2, 0) is 0 Å². The van der Waals surface area contributed by atoms with Gasteiger partial charge in [0.2, 0.25) is 0 Å². The lowest BCUT2D eigenvalue weighted by Crippen LogP contribution is -2.27. The fourth-order valence-electron chi connectivity index (χ4n) is 3.55. The molecule has 0 radical (unpaired) electrons. The molecule has 8 nitrogen and oxygen atoms in total. The van der Waals surface area contributed by atoms with Gasteiger partial charge in [-0.05, 0) is 51.3 Å². The molecule has 2 aromatic carbocycles. The van der Waals surface area contributed by atoms with Crippen molar-refractivity contribution in [2.45, 2.75) is 0 Å². The average molecular weight is 675 g/mol. The summed E-state index contributed by atoms with van der Waals surface area (Å²) in [6.45, 7) is 2.95. The summed E-state index contributed by atoms with van der Waals surface area (Å²) in [5.41, 5.74) is 9.85. The molecule has 208 valence electrons. The second kappa shape index (κ2) is 17.4. The maximum atomic E-state index is 5.90. The Morgan fingerprint density at radius 2 is 1.00 bits per heavy atom. The van der Waals surface area contributed by atoms with Gasteiger partial charge < -0.3 is 9.80 Å². The van der Waals surface area contributed by atoms with E-state index in [-0.39, 0.29) is 0 Å². The van der Waals surface area contributed by atoms with Gasteiger partial charge in [0.25, 0.3) is 0 Å². The first-order chi connectivity index (χ1) is 19.1. The molecule has 0 spiro atoms. The Labute approximate surface area is 257 Å². The summed E-state index contributed by atoms with van der Waals surface area (Å²) in [7, 11) is 0. The Hall–Kier alpha value is -2.30. The highest BCUT2D eigenvalue weighted by Gasteiger charge is 2.08. The van der Waals surface area contributed by atoms with Gasteiger partial charge in [-0.1, -0.05) is 24.3 Å². The molecule has 0 saturated heterocycles. The standard InChI is InChI=1S/C26H29BrCl4N8/c27-24-25(36-34-17-20-1-5-22(6-2-20)38(13-9-28)14-10-29)32-19-33-26(24)37-35-18-21-3-7-23(8-4-21)39(15-11-30)16-12-31/h1-8,17-19H,9-16H2,(H2,32,33,36,37). The topological polar surface area (TPSA) is 81.0 Å². The van der Waals surface area contributed by atoms with E-state index in [1.807, 2.05) is 48.5 Å². The Bertz CT molecular complexity index is 1090. The fraction of sp³-hybridized carbons (Fsp3) is 0.308. The zero-order chi connectivity index (χ0) is 27.9. The number of anilines is 4. The number of aromatic nitrogens is 2. The van der Waals surface area contributed by atoms with Crippen LogP contribution in [-0.4, -0.2) is 72.1 Å². The largest absolute Gasteiger partial charge is 0.369 e. The van der Waals surface area contributed by atoms with Crippen LogP contribution in [0, 0.1) is 0 Å². The molecule has 0 unspecified atom stereocenters. The first-order valence-electron chi connectivity index (χ1n) is 12.1. The summed E-state index contributed by atoms with van der Waals surface area (Å²) in [5.74, 6) is 3.14. The van der Waals surface area contributed by atoms with Gasteiger partial charge in [-0.2, -0.15) is 10.2 Å². The minimum absolute atomic E-state index is 0.494. The molecule has 0 aliphatic carbocycles. The van der Waals surface area contributed by atoms with Crippen LogP contribution in [0.4, 0.5) is 23.0 Å². The Morgan fingerprint density at radius 1 is 0.641 bits per heavy atom. The summed E-state index contributed by atoms with van der Waals surface area (Å²) in [6.07, 6.45) is 4.85. The van der Waals surface area contributed by atoms with Crippen molar-refractivity contribution in [1.82, 2.24) is 9.97 Å². The number of nitrogens with zero attached hydrogens (tertiary/aromatic N) is 6. The summed E-state index contributed by atoms with van der Waals surface area (Å²) < 4.78 is 0.598. The minimum atomic E-state index is 0.494. The molecule has 0 aliphatic heterocycles. The number of nitrogens with one attached hydrogen (secondary N) is 2. The van der Waals surface area contributed by atoms with E-state index in [0.717, 1.165) is 48.7 Å². The molecule has 0 atom stereocenters. The van der Waals surface area contributed by atoms with Gasteiger partial charge in [-0.15, -0.1) is 46.4 Å². The van der Waals surface area contributed by atoms with Gasteiger partial charge >= 0.3 is 0 Å². The van der Waals surface area contributed by atoms with Gasteiger partial charge in [-0.3, -0.25) is 10.9 Å². The lowest BCUT2D eigenvalue weighted by molar-refractivity contribution is 0.874. The third kappa shape index (κ3) is 9.99. The lowest BCUT2D eigenvalue weighted by Gasteiger charge is -2.22. The number of hydrogen-bond donors (Lipinski definition) is 2. The van der Waals surface area contributed by atoms with E-state index in [0.29, 0.717) is 39.6 Å². The SMILES string of the molecule is ClCCN(CCCl)c1ccc(C=NNc2ncnc(NN=Cc3ccc(N(CCCl)CCCl)cc3)c2Br)cc1. The molecule has 3 rings (SSSR count). The predicted octanol–water partition coefficient (Wildman–Crippen LogP) is 6.70. The maximum Gasteiger partial charge on any atom is 0.166 e. The van der Waals surface area contributed by atoms with Crippen LogP contribution in [0.15, 0.2) is 69.5 Å². The van der Waals surface area contributed by atoms with Crippen molar-refractivity contribution in [3.05, 3.63) is 70.5 Å². The highest BCUT2D eigenvalue weighted by atomic mass is 79.9. The molecule has 1 heterocycles. The molecular weight excluding hydrogens is 646 g/mol. The van der Waals surface area contributed by atoms with Crippen molar-refractivity contribution in [3.63, 3.8) is 0 Å². The fourth-order valence-corrected chi connectivity index (χ4v) is 4.75. The van der Waals surface area contributed by atoms with E-state index in [2.05, 4.69) is 56.8 Å². The van der Waals surface area contributed by atoms with Crippen molar-refractivity contribution in [2.24, 2.45) is 10.2 Å². The van der Waals surface area contributed by atoms with E-state index in [9.17, 15) is 0 Å². The van der Waals surface area contributed by atoms with Gasteiger partial charge in [0, 0.05) is 61.1 Å². The maximum absolute atomic E-state index is 5.90. The average Bonchev–Trinajstić information content (AvgIpc) is 2.95. The first-order valence-corrected chi connectivity index (χ1v) is 15.0. The number of rotatable bonds is 16. The molecule has 0 amide bonds. The highest BCUT2D eigenvalue weighted by molar-refractivity contribution is 9.10. The van der Waals surface area contributed by atoms with Crippen LogP contribution in [0.2, 0.25) is 0 Å². The lowest BCUT2D eigenvalue weighted by atomic mass is 10.2. The molecule has 13 heteroatoms. The molecule has 3 aromatic rings. The number of benzene rings is 2. The van der Waals surface area contributed by atoms with Gasteiger partial charge in [0.1, 0.15) is 10.8 Å². The normalized spacial score (nSPS) is 11.3. The zero-order valence-corrected chi connectivity index (χ0v) is 25.7. The van der Waals surface area contributed by atoms with Crippen LogP contribution < -0.4 is 20.7 Å². The Balaban J connectivity index is 1.58. The molecular formula is C26H29BrCl4N8. The smallest absolute Gasteiger partial charge is 0.166 e. The van der Waals surface area contributed by atoms with Crippen LogP contribution in [0.3, 0.4) is 0 Å². The van der Waals surface area contributed by atoms with E-state index >= 15 is 0 Å². The van der Waals surface area contributed by atoms with Crippen molar-refractivity contribution in [3.8, 4) is 0 Å². The Morgan fingerprint density at radius 3 is 1.33 bits per heavy atom. The van der Waals surface area contributed by atoms with Crippen LogP contribution in [0.5, 0.6) is 0 Å². The zero-order valence-electron chi connectivity index (χ0n) is 21.1. The van der Waals surface area contributed by atoms with E-state index in [1.165, 1.54) is 6.33 Å². The summed E-state index contributed by atoms with van der Waals surface area (Å²) >= 11 is 27.1. The second-order valence-electron chi connectivity index (χ2n) is 8.04. The van der Waals surface area contributed by atoms with E-state index < -0.39 is 0 Å². The first kappa shape index (κ1) is 31.2. The second-order valence-corrected chi connectivity index (χ2v) is 10.3. The van der Waals surface area contributed by atoms with Crippen molar-refractivity contribution >= 4 is 97.8 Å². The molecule has 0 bridgehead atoms. The molecule has 0 saturated carbocycles. The quantitative estimate of drug-likeness (QED) is 0.100. The number of hydrazone groups is 2. The molecule has 1 aromatic heterocycles. The van der Waals surface area contributed by atoms with E-state index in [4.69, 9.17) is 46.4 Å². The summed E-state index contributed by atoms with van der Waals surface area (Å²) in [6, 6.07) is 16.0. The van der Waals surface area contributed by atoms with Crippen LogP contribution in [0.1, 0.15) is 11.1 Å². The molecule has 0 fully saturated rings. The summed E-state index contributed by atoms with van der Waals surface area (Å²) in [5, 5.41) is 8.60. The van der Waals surface area contributed by atoms with Gasteiger partial charge in [0.05, 0.1) is 12.4 Å². The van der Waals surface area contributed by atoms with Crippen molar-refractivity contribution in [1.29, 1.82) is 0 Å². The van der Waals surface area contributed by atoms with Crippen LogP contribution >= 0.6 is 62.3 Å². The highest BCUT2D eigenvalue weighted by Crippen LogP contribution is 2.26. The van der Waals surface area contributed by atoms with Crippen molar-refractivity contribution in [2.75, 3.05) is 70.4 Å². The van der Waals surface area contributed by atoms with Crippen molar-refractivity contribution < 1.29 is 0 Å². The monoisotopic (exact) mass is 672 g/mol. The third-order valence-corrected chi connectivity index (χ3v) is 6.92. The minimum Gasteiger partial charge on any atom is -0.369 e. The Kier molecular flexibility index (Phi) is 13.9. The van der Waals surface area contributed by atoms with Crippen LogP contribution in [0.25, 0.3) is 0 Å². The molecule has 39 heavy (non-hydrogen) atoms. The molecule has 0 aliphatic rings. The molecule has 2 N–H and O–H groups in total. The van der Waals surface area contributed by atoms with Gasteiger partial charge in [0.15, 0.2) is 11.6 Å². The number of hydrogen-bond acceptors (Lipinski definition) is 8. The number of halogens is 5. The van der Waals surface area contributed by atoms with Gasteiger partial charge in [-0.25, -0.2) is 9.97 Å². The predicted molar refractivity (Wildman–Crippen MR) is 172 cm³/mol. The van der Waals surface area contributed by atoms with E-state index in [1.54, 1.807) is 12.4 Å². The number of alkyl halides is 4. The summed E-state index contributed by atoms with van der Waals surface area (Å²) in [4.78, 5) is 12.8. The third-order valence-electron chi connectivity index (χ3n) is 5.49.